The van der Waals surface area contributed by atoms with Gasteiger partial charge in [-0.2, -0.15) is 11.8 Å². The first kappa shape index (κ1) is 16.1. The van der Waals surface area contributed by atoms with E-state index in [4.69, 9.17) is 4.74 Å². The molecule has 2 aliphatic rings. The largest absolute Gasteiger partial charge is 0.376 e. The lowest BCUT2D eigenvalue weighted by atomic mass is 10.1. The number of rotatable bonds is 7. The van der Waals surface area contributed by atoms with Crippen molar-refractivity contribution in [3.05, 3.63) is 0 Å². The van der Waals surface area contributed by atoms with E-state index in [2.05, 4.69) is 24.1 Å². The van der Waals surface area contributed by atoms with Crippen molar-refractivity contribution in [1.29, 1.82) is 0 Å². The van der Waals surface area contributed by atoms with Crippen LogP contribution in [0, 0.1) is 0 Å². The second-order valence-electron chi connectivity index (χ2n) is 5.89. The van der Waals surface area contributed by atoms with Gasteiger partial charge in [0, 0.05) is 31.0 Å². The highest BCUT2D eigenvalue weighted by Crippen LogP contribution is 2.24. The van der Waals surface area contributed by atoms with Gasteiger partial charge in [0.25, 0.3) is 0 Å². The van der Waals surface area contributed by atoms with Crippen LogP contribution in [0.1, 0.15) is 39.5 Å². The van der Waals surface area contributed by atoms with Crippen LogP contribution in [0.4, 0.5) is 0 Å². The van der Waals surface area contributed by atoms with Gasteiger partial charge in [0.15, 0.2) is 0 Å². The average molecular weight is 300 g/mol. The minimum absolute atomic E-state index is 0.244. The zero-order valence-electron chi connectivity index (χ0n) is 12.8. The van der Waals surface area contributed by atoms with Crippen LogP contribution >= 0.6 is 11.8 Å². The van der Waals surface area contributed by atoms with E-state index in [9.17, 15) is 4.79 Å². The summed E-state index contributed by atoms with van der Waals surface area (Å²) in [5.41, 5.74) is 0. The predicted molar refractivity (Wildman–Crippen MR) is 84.2 cm³/mol. The van der Waals surface area contributed by atoms with Gasteiger partial charge in [0.1, 0.15) is 0 Å². The van der Waals surface area contributed by atoms with Crippen LogP contribution in [-0.2, 0) is 9.53 Å². The molecular weight excluding hydrogens is 272 g/mol. The molecule has 2 aliphatic heterocycles. The Morgan fingerprint density at radius 3 is 2.95 bits per heavy atom. The van der Waals surface area contributed by atoms with Crippen molar-refractivity contribution in [3.8, 4) is 0 Å². The van der Waals surface area contributed by atoms with Crippen LogP contribution in [0.15, 0.2) is 0 Å². The SMILES string of the molecule is CCC(C)NCC(=O)N(CC1CCCO1)C1CCSC1. The van der Waals surface area contributed by atoms with Gasteiger partial charge >= 0.3 is 0 Å². The summed E-state index contributed by atoms with van der Waals surface area (Å²) in [7, 11) is 0. The van der Waals surface area contributed by atoms with Gasteiger partial charge in [-0.3, -0.25) is 4.79 Å². The molecule has 3 unspecified atom stereocenters. The maximum atomic E-state index is 12.5. The molecule has 2 rings (SSSR count). The molecule has 2 saturated heterocycles. The zero-order chi connectivity index (χ0) is 14.4. The second kappa shape index (κ2) is 8.25. The molecule has 0 bridgehead atoms. The summed E-state index contributed by atoms with van der Waals surface area (Å²) in [4.78, 5) is 14.6. The lowest BCUT2D eigenvalue weighted by Crippen LogP contribution is -2.49. The molecule has 116 valence electrons. The molecule has 3 atom stereocenters. The van der Waals surface area contributed by atoms with Gasteiger partial charge in [-0.05, 0) is 38.4 Å². The van der Waals surface area contributed by atoms with E-state index >= 15 is 0 Å². The molecule has 5 heteroatoms. The topological polar surface area (TPSA) is 41.6 Å². The Morgan fingerprint density at radius 1 is 1.50 bits per heavy atom. The molecule has 2 heterocycles. The normalized spacial score (nSPS) is 27.7. The lowest BCUT2D eigenvalue weighted by Gasteiger charge is -2.31. The highest BCUT2D eigenvalue weighted by Gasteiger charge is 2.30. The smallest absolute Gasteiger partial charge is 0.236 e. The highest BCUT2D eigenvalue weighted by molar-refractivity contribution is 7.99. The van der Waals surface area contributed by atoms with E-state index in [1.54, 1.807) is 0 Å². The molecule has 0 aliphatic carbocycles. The summed E-state index contributed by atoms with van der Waals surface area (Å²) in [6, 6.07) is 0.817. The van der Waals surface area contributed by atoms with E-state index in [0.717, 1.165) is 44.6 Å². The van der Waals surface area contributed by atoms with Crippen molar-refractivity contribution in [1.82, 2.24) is 10.2 Å². The number of hydrogen-bond acceptors (Lipinski definition) is 4. The first-order valence-electron chi connectivity index (χ1n) is 7.93. The predicted octanol–water partition coefficient (Wildman–Crippen LogP) is 1.89. The average Bonchev–Trinajstić information content (AvgIpc) is 3.14. The van der Waals surface area contributed by atoms with Crippen LogP contribution in [0.3, 0.4) is 0 Å². The van der Waals surface area contributed by atoms with Gasteiger partial charge in [-0.15, -0.1) is 0 Å². The molecule has 0 aromatic rings. The Balaban J connectivity index is 1.88. The van der Waals surface area contributed by atoms with Gasteiger partial charge in [0.2, 0.25) is 5.91 Å². The van der Waals surface area contributed by atoms with Crippen molar-refractivity contribution in [3.63, 3.8) is 0 Å². The first-order chi connectivity index (χ1) is 9.70. The summed E-state index contributed by atoms with van der Waals surface area (Å²) in [5.74, 6) is 2.51. The Bertz CT molecular complexity index is 302. The summed E-state index contributed by atoms with van der Waals surface area (Å²) in [6.07, 6.45) is 4.68. The van der Waals surface area contributed by atoms with E-state index < -0.39 is 0 Å². The Morgan fingerprint density at radius 2 is 2.35 bits per heavy atom. The standard InChI is InChI=1S/C15H28N2O2S/c1-3-12(2)16-9-15(18)17(13-6-8-20-11-13)10-14-5-4-7-19-14/h12-14,16H,3-11H2,1-2H3. The van der Waals surface area contributed by atoms with Crippen LogP contribution in [-0.4, -0.2) is 60.2 Å². The Labute approximate surface area is 127 Å². The molecule has 0 spiro atoms. The number of nitrogens with zero attached hydrogens (tertiary/aromatic N) is 1. The summed E-state index contributed by atoms with van der Waals surface area (Å²) in [6.45, 7) is 6.37. The summed E-state index contributed by atoms with van der Waals surface area (Å²) < 4.78 is 5.72. The molecule has 4 nitrogen and oxygen atoms in total. The van der Waals surface area contributed by atoms with Crippen LogP contribution < -0.4 is 5.32 Å². The van der Waals surface area contributed by atoms with Crippen LogP contribution in [0.25, 0.3) is 0 Å². The van der Waals surface area contributed by atoms with E-state index in [1.165, 1.54) is 5.75 Å². The number of carbonyl (C=O) groups is 1. The molecule has 1 N–H and O–H groups in total. The molecule has 0 saturated carbocycles. The van der Waals surface area contributed by atoms with Crippen molar-refractivity contribution < 1.29 is 9.53 Å². The molecule has 0 radical (unpaired) electrons. The number of thioether (sulfide) groups is 1. The molecule has 0 aromatic carbocycles. The van der Waals surface area contributed by atoms with E-state index in [0.29, 0.717) is 18.6 Å². The summed E-state index contributed by atoms with van der Waals surface area (Å²) in [5, 5.41) is 3.32. The minimum Gasteiger partial charge on any atom is -0.376 e. The Kier molecular flexibility index (Phi) is 6.65. The Hall–Kier alpha value is -0.260. The van der Waals surface area contributed by atoms with Gasteiger partial charge in [-0.25, -0.2) is 0 Å². The fourth-order valence-corrected chi connectivity index (χ4v) is 3.96. The van der Waals surface area contributed by atoms with Crippen LogP contribution in [0.2, 0.25) is 0 Å². The number of amides is 1. The van der Waals surface area contributed by atoms with Gasteiger partial charge in [0.05, 0.1) is 12.6 Å². The number of hydrogen-bond donors (Lipinski definition) is 1. The highest BCUT2D eigenvalue weighted by atomic mass is 32.2. The fraction of sp³-hybridized carbons (Fsp3) is 0.933. The van der Waals surface area contributed by atoms with Crippen LogP contribution in [0.5, 0.6) is 0 Å². The molecule has 1 amide bonds. The minimum atomic E-state index is 0.244. The van der Waals surface area contributed by atoms with Crippen molar-refractivity contribution >= 4 is 17.7 Å². The van der Waals surface area contributed by atoms with Crippen molar-refractivity contribution in [2.24, 2.45) is 0 Å². The lowest BCUT2D eigenvalue weighted by molar-refractivity contribution is -0.134. The first-order valence-corrected chi connectivity index (χ1v) is 9.08. The maximum Gasteiger partial charge on any atom is 0.236 e. The molecule has 2 fully saturated rings. The fourth-order valence-electron chi connectivity index (χ4n) is 2.74. The second-order valence-corrected chi connectivity index (χ2v) is 7.04. The van der Waals surface area contributed by atoms with Crippen molar-refractivity contribution in [2.75, 3.05) is 31.2 Å². The third-order valence-electron chi connectivity index (χ3n) is 4.31. The number of nitrogens with one attached hydrogen (secondary N) is 1. The number of ether oxygens (including phenoxy) is 1. The van der Waals surface area contributed by atoms with Gasteiger partial charge < -0.3 is 15.0 Å². The number of carbonyl (C=O) groups excluding carboxylic acids is 1. The molecule has 0 aromatic heterocycles. The van der Waals surface area contributed by atoms with E-state index in [-0.39, 0.29) is 12.0 Å². The monoisotopic (exact) mass is 300 g/mol. The van der Waals surface area contributed by atoms with Gasteiger partial charge in [-0.1, -0.05) is 6.92 Å². The zero-order valence-corrected chi connectivity index (χ0v) is 13.6. The quantitative estimate of drug-likeness (QED) is 0.779. The molecule has 20 heavy (non-hydrogen) atoms. The third kappa shape index (κ3) is 4.64. The summed E-state index contributed by atoms with van der Waals surface area (Å²) >= 11 is 1.96. The molecular formula is C15H28N2O2S. The van der Waals surface area contributed by atoms with E-state index in [1.807, 2.05) is 11.8 Å². The third-order valence-corrected chi connectivity index (χ3v) is 5.45. The van der Waals surface area contributed by atoms with Crippen molar-refractivity contribution in [2.45, 2.75) is 57.7 Å². The maximum absolute atomic E-state index is 12.5.